The number of ether oxygens (including phenoxy) is 1. The molecular formula is C24H25N3O3. The van der Waals surface area contributed by atoms with Crippen molar-refractivity contribution >= 4 is 27.9 Å². The molecule has 0 saturated carbocycles. The number of para-hydroxylation sites is 3. The highest BCUT2D eigenvalue weighted by Gasteiger charge is 2.27. The summed E-state index contributed by atoms with van der Waals surface area (Å²) in [6.07, 6.45) is 1.95. The zero-order valence-corrected chi connectivity index (χ0v) is 17.3. The van der Waals surface area contributed by atoms with Crippen LogP contribution in [0.2, 0.25) is 0 Å². The van der Waals surface area contributed by atoms with Crippen LogP contribution in [0.15, 0.2) is 52.9 Å². The van der Waals surface area contributed by atoms with Crippen LogP contribution in [0.1, 0.15) is 29.2 Å². The molecule has 5 rings (SSSR count). The van der Waals surface area contributed by atoms with Gasteiger partial charge in [-0.15, -0.1) is 0 Å². The van der Waals surface area contributed by atoms with Crippen LogP contribution in [0.5, 0.6) is 5.75 Å². The highest BCUT2D eigenvalue weighted by Crippen LogP contribution is 2.30. The number of aromatic nitrogens is 2. The Morgan fingerprint density at radius 3 is 2.77 bits per heavy atom. The second-order valence-corrected chi connectivity index (χ2v) is 7.98. The Morgan fingerprint density at radius 2 is 1.97 bits per heavy atom. The minimum atomic E-state index is -0.0454. The van der Waals surface area contributed by atoms with E-state index >= 15 is 0 Å². The number of rotatable bonds is 4. The normalized spacial score (nSPS) is 15.2. The SMILES string of the molecule is COc1cccc2cc(C(=O)N3CCC(Cn4c(C)nc5ccccc54)CC3)oc12. The topological polar surface area (TPSA) is 60.5 Å². The fourth-order valence-corrected chi connectivity index (χ4v) is 4.46. The summed E-state index contributed by atoms with van der Waals surface area (Å²) < 4.78 is 13.5. The number of piperidine rings is 1. The van der Waals surface area contributed by atoms with E-state index in [2.05, 4.69) is 34.7 Å². The number of methoxy groups -OCH3 is 1. The summed E-state index contributed by atoms with van der Waals surface area (Å²) in [7, 11) is 1.61. The van der Waals surface area contributed by atoms with Crippen LogP contribution in [0.25, 0.3) is 22.0 Å². The van der Waals surface area contributed by atoms with Crippen molar-refractivity contribution in [1.82, 2.24) is 14.5 Å². The minimum Gasteiger partial charge on any atom is -0.493 e. The van der Waals surface area contributed by atoms with Crippen molar-refractivity contribution in [2.45, 2.75) is 26.3 Å². The van der Waals surface area contributed by atoms with Crippen LogP contribution in [0.4, 0.5) is 0 Å². The summed E-state index contributed by atoms with van der Waals surface area (Å²) in [6.45, 7) is 4.48. The number of fused-ring (bicyclic) bond motifs is 2. The predicted octanol–water partition coefficient (Wildman–Crippen LogP) is 4.65. The van der Waals surface area contributed by atoms with Gasteiger partial charge < -0.3 is 18.6 Å². The Labute approximate surface area is 175 Å². The van der Waals surface area contributed by atoms with Crippen LogP contribution in [-0.2, 0) is 6.54 Å². The van der Waals surface area contributed by atoms with E-state index in [1.54, 1.807) is 7.11 Å². The first-order chi connectivity index (χ1) is 14.6. The molecule has 2 aromatic carbocycles. The molecular weight excluding hydrogens is 378 g/mol. The molecule has 0 spiro atoms. The van der Waals surface area contributed by atoms with Gasteiger partial charge in [-0.3, -0.25) is 4.79 Å². The molecule has 0 radical (unpaired) electrons. The van der Waals surface area contributed by atoms with E-state index in [-0.39, 0.29) is 5.91 Å². The molecule has 3 heterocycles. The second-order valence-electron chi connectivity index (χ2n) is 7.98. The van der Waals surface area contributed by atoms with Gasteiger partial charge in [0.25, 0.3) is 5.91 Å². The predicted molar refractivity (Wildman–Crippen MR) is 116 cm³/mol. The van der Waals surface area contributed by atoms with Crippen molar-refractivity contribution in [2.24, 2.45) is 5.92 Å². The van der Waals surface area contributed by atoms with Crippen molar-refractivity contribution in [3.05, 3.63) is 60.1 Å². The number of imidazole rings is 1. The molecule has 1 saturated heterocycles. The molecule has 0 aliphatic carbocycles. The number of nitrogens with zero attached hydrogens (tertiary/aromatic N) is 3. The number of hydrogen-bond donors (Lipinski definition) is 0. The minimum absolute atomic E-state index is 0.0454. The summed E-state index contributed by atoms with van der Waals surface area (Å²) in [5.74, 6) is 2.56. The van der Waals surface area contributed by atoms with Crippen LogP contribution in [0, 0.1) is 12.8 Å². The molecule has 2 aromatic heterocycles. The van der Waals surface area contributed by atoms with Gasteiger partial charge >= 0.3 is 0 Å². The highest BCUT2D eigenvalue weighted by atomic mass is 16.5. The summed E-state index contributed by atoms with van der Waals surface area (Å²) in [5, 5.41) is 0.884. The quantitative estimate of drug-likeness (QED) is 0.498. The summed E-state index contributed by atoms with van der Waals surface area (Å²) >= 11 is 0. The number of furan rings is 1. The molecule has 0 N–H and O–H groups in total. The molecule has 1 aliphatic rings. The lowest BCUT2D eigenvalue weighted by Gasteiger charge is -2.32. The Hall–Kier alpha value is -3.28. The van der Waals surface area contributed by atoms with E-state index in [0.717, 1.165) is 49.2 Å². The molecule has 30 heavy (non-hydrogen) atoms. The Kier molecular flexibility index (Phi) is 4.69. The molecule has 1 amide bonds. The molecule has 4 aromatic rings. The first-order valence-electron chi connectivity index (χ1n) is 10.4. The van der Waals surface area contributed by atoms with Crippen LogP contribution < -0.4 is 4.74 Å². The summed E-state index contributed by atoms with van der Waals surface area (Å²) in [5.41, 5.74) is 2.85. The lowest BCUT2D eigenvalue weighted by Crippen LogP contribution is -2.39. The third-order valence-electron chi connectivity index (χ3n) is 6.13. The maximum absolute atomic E-state index is 13.0. The van der Waals surface area contributed by atoms with Crippen LogP contribution >= 0.6 is 0 Å². The molecule has 1 fully saturated rings. The van der Waals surface area contributed by atoms with Crippen molar-refractivity contribution in [3.8, 4) is 5.75 Å². The van der Waals surface area contributed by atoms with Gasteiger partial charge in [-0.25, -0.2) is 4.98 Å². The lowest BCUT2D eigenvalue weighted by atomic mass is 9.96. The molecule has 0 bridgehead atoms. The number of carbonyl (C=O) groups is 1. The Morgan fingerprint density at radius 1 is 1.17 bits per heavy atom. The van der Waals surface area contributed by atoms with E-state index in [1.807, 2.05) is 35.2 Å². The van der Waals surface area contributed by atoms with Gasteiger partial charge in [-0.05, 0) is 49.9 Å². The Bertz CT molecular complexity index is 1220. The average molecular weight is 403 g/mol. The van der Waals surface area contributed by atoms with E-state index in [0.29, 0.717) is 23.0 Å². The second kappa shape index (κ2) is 7.52. The largest absolute Gasteiger partial charge is 0.493 e. The van der Waals surface area contributed by atoms with Gasteiger partial charge in [0.15, 0.2) is 17.1 Å². The van der Waals surface area contributed by atoms with Gasteiger partial charge in [0.1, 0.15) is 5.82 Å². The number of aryl methyl sites for hydroxylation is 1. The standard InChI is InChI=1S/C24H25N3O3/c1-16-25-19-7-3-4-8-20(19)27(16)15-17-10-12-26(13-11-17)24(28)22-14-18-6-5-9-21(29-2)23(18)30-22/h3-9,14,17H,10-13,15H2,1-2H3. The molecule has 6 heteroatoms. The van der Waals surface area contributed by atoms with Crippen molar-refractivity contribution in [3.63, 3.8) is 0 Å². The van der Waals surface area contributed by atoms with Gasteiger partial charge in [-0.1, -0.05) is 24.3 Å². The lowest BCUT2D eigenvalue weighted by molar-refractivity contribution is 0.0653. The number of likely N-dealkylation sites (tertiary alicyclic amines) is 1. The monoisotopic (exact) mass is 403 g/mol. The van der Waals surface area contributed by atoms with Crippen molar-refractivity contribution in [1.29, 1.82) is 0 Å². The smallest absolute Gasteiger partial charge is 0.289 e. The maximum atomic E-state index is 13.0. The van der Waals surface area contributed by atoms with E-state index in [4.69, 9.17) is 9.15 Å². The van der Waals surface area contributed by atoms with Gasteiger partial charge in [0.2, 0.25) is 0 Å². The fraction of sp³-hybridized carbons (Fsp3) is 0.333. The van der Waals surface area contributed by atoms with Crippen LogP contribution in [-0.4, -0.2) is 40.6 Å². The molecule has 6 nitrogen and oxygen atoms in total. The van der Waals surface area contributed by atoms with Gasteiger partial charge in [0, 0.05) is 25.0 Å². The number of carbonyl (C=O) groups excluding carboxylic acids is 1. The third kappa shape index (κ3) is 3.22. The molecule has 1 aliphatic heterocycles. The molecule has 0 unspecified atom stereocenters. The van der Waals surface area contributed by atoms with Crippen molar-refractivity contribution in [2.75, 3.05) is 20.2 Å². The number of amides is 1. The van der Waals surface area contributed by atoms with Crippen LogP contribution in [0.3, 0.4) is 0 Å². The zero-order chi connectivity index (χ0) is 20.7. The van der Waals surface area contributed by atoms with E-state index in [1.165, 1.54) is 5.52 Å². The van der Waals surface area contributed by atoms with E-state index in [9.17, 15) is 4.79 Å². The summed E-state index contributed by atoms with van der Waals surface area (Å²) in [4.78, 5) is 19.6. The number of benzene rings is 2. The van der Waals surface area contributed by atoms with Gasteiger partial charge in [-0.2, -0.15) is 0 Å². The fourth-order valence-electron chi connectivity index (χ4n) is 4.46. The highest BCUT2D eigenvalue weighted by molar-refractivity contribution is 5.97. The third-order valence-corrected chi connectivity index (χ3v) is 6.13. The number of hydrogen-bond acceptors (Lipinski definition) is 4. The molecule has 154 valence electrons. The maximum Gasteiger partial charge on any atom is 0.289 e. The van der Waals surface area contributed by atoms with E-state index < -0.39 is 0 Å². The first kappa shape index (κ1) is 18.7. The van der Waals surface area contributed by atoms with Gasteiger partial charge in [0.05, 0.1) is 18.1 Å². The zero-order valence-electron chi connectivity index (χ0n) is 17.3. The molecule has 0 atom stereocenters. The average Bonchev–Trinajstić information content (AvgIpc) is 3.35. The van der Waals surface area contributed by atoms with Crippen molar-refractivity contribution < 1.29 is 13.9 Å². The summed E-state index contributed by atoms with van der Waals surface area (Å²) in [6, 6.07) is 15.8. The Balaban J connectivity index is 1.28. The first-order valence-corrected chi connectivity index (χ1v) is 10.4.